The number of aromatic nitrogens is 2. The first-order valence-corrected chi connectivity index (χ1v) is 12.3. The topological polar surface area (TPSA) is 72.3 Å². The molecule has 0 saturated carbocycles. The molecule has 0 aliphatic carbocycles. The van der Waals surface area contributed by atoms with E-state index < -0.39 is 9.84 Å². The molecule has 1 aliphatic rings. The van der Waals surface area contributed by atoms with Crippen LogP contribution in [0.1, 0.15) is 19.3 Å². The Labute approximate surface area is 183 Å². The van der Waals surface area contributed by atoms with E-state index >= 15 is 0 Å². The highest BCUT2D eigenvalue weighted by Gasteiger charge is 2.25. The van der Waals surface area contributed by atoms with Crippen LogP contribution in [0.4, 0.5) is 0 Å². The van der Waals surface area contributed by atoms with Crippen molar-refractivity contribution in [1.29, 1.82) is 0 Å². The summed E-state index contributed by atoms with van der Waals surface area (Å²) in [5.74, 6) is 1.20. The average Bonchev–Trinajstić information content (AvgIpc) is 3.27. The number of likely N-dealkylation sites (tertiary alicyclic amines) is 1. The summed E-state index contributed by atoms with van der Waals surface area (Å²) in [6, 6.07) is 18.5. The van der Waals surface area contributed by atoms with Crippen molar-refractivity contribution in [2.45, 2.75) is 30.7 Å². The van der Waals surface area contributed by atoms with E-state index in [4.69, 9.17) is 0 Å². The van der Waals surface area contributed by atoms with Crippen LogP contribution >= 0.6 is 0 Å². The lowest BCUT2D eigenvalue weighted by Crippen LogP contribution is -2.40. The third kappa shape index (κ3) is 5.22. The zero-order chi connectivity index (χ0) is 21.7. The number of benzene rings is 2. The molecule has 1 aromatic heterocycles. The van der Waals surface area contributed by atoms with Gasteiger partial charge in [-0.05, 0) is 30.9 Å². The van der Waals surface area contributed by atoms with Crippen molar-refractivity contribution in [2.24, 2.45) is 5.92 Å². The fourth-order valence-electron chi connectivity index (χ4n) is 4.07. The molecule has 2 heterocycles. The first kappa shape index (κ1) is 21.3. The Kier molecular flexibility index (Phi) is 6.51. The number of amides is 1. The summed E-state index contributed by atoms with van der Waals surface area (Å²) in [6.45, 7) is 2.21. The van der Waals surface area contributed by atoms with Crippen molar-refractivity contribution in [3.8, 4) is 11.4 Å². The number of piperidine rings is 1. The zero-order valence-electron chi connectivity index (χ0n) is 17.4. The number of rotatable bonds is 7. The molecule has 1 saturated heterocycles. The SMILES string of the molecule is O=C(CCS(=O)(=O)c1ccccc1)N1CCC(Cn2ccnc2-c2ccccc2)CC1. The molecule has 7 heteroatoms. The van der Waals surface area contributed by atoms with Crippen molar-refractivity contribution in [1.82, 2.24) is 14.5 Å². The van der Waals surface area contributed by atoms with Crippen LogP contribution in [0.3, 0.4) is 0 Å². The van der Waals surface area contributed by atoms with E-state index in [0.29, 0.717) is 19.0 Å². The minimum atomic E-state index is -3.43. The fraction of sp³-hybridized carbons (Fsp3) is 0.333. The first-order chi connectivity index (χ1) is 15.0. The van der Waals surface area contributed by atoms with Crippen molar-refractivity contribution < 1.29 is 13.2 Å². The Hall–Kier alpha value is -2.93. The maximum atomic E-state index is 12.6. The Morgan fingerprint density at radius 1 is 0.968 bits per heavy atom. The molecule has 4 rings (SSSR count). The number of sulfone groups is 1. The standard InChI is InChI=1S/C24H27N3O3S/c28-23(13-18-31(29,30)22-9-5-2-6-10-22)26-15-11-20(12-16-26)19-27-17-14-25-24(27)21-7-3-1-4-8-21/h1-10,14,17,20H,11-13,15-16,18-19H2. The minimum Gasteiger partial charge on any atom is -0.343 e. The minimum absolute atomic E-state index is 0.0293. The summed E-state index contributed by atoms with van der Waals surface area (Å²) in [5, 5.41) is 0. The molecular weight excluding hydrogens is 410 g/mol. The third-order valence-electron chi connectivity index (χ3n) is 5.86. The average molecular weight is 438 g/mol. The molecular formula is C24H27N3O3S. The maximum absolute atomic E-state index is 12.6. The first-order valence-electron chi connectivity index (χ1n) is 10.6. The van der Waals surface area contributed by atoms with E-state index in [0.717, 1.165) is 30.8 Å². The molecule has 2 aromatic carbocycles. The van der Waals surface area contributed by atoms with Gasteiger partial charge in [0, 0.05) is 44.0 Å². The van der Waals surface area contributed by atoms with Gasteiger partial charge in [0.25, 0.3) is 0 Å². The largest absolute Gasteiger partial charge is 0.343 e. The number of carbonyl (C=O) groups is 1. The van der Waals surface area contributed by atoms with Crippen molar-refractivity contribution in [2.75, 3.05) is 18.8 Å². The van der Waals surface area contributed by atoms with E-state index in [2.05, 4.69) is 21.7 Å². The lowest BCUT2D eigenvalue weighted by molar-refractivity contribution is -0.132. The second-order valence-corrected chi connectivity index (χ2v) is 10.1. The van der Waals surface area contributed by atoms with Gasteiger partial charge < -0.3 is 9.47 Å². The Balaban J connectivity index is 1.28. The molecule has 31 heavy (non-hydrogen) atoms. The van der Waals surface area contributed by atoms with Crippen LogP contribution < -0.4 is 0 Å². The Morgan fingerprint density at radius 3 is 2.29 bits per heavy atom. The van der Waals surface area contributed by atoms with Crippen LogP contribution in [-0.2, 0) is 21.2 Å². The number of hydrogen-bond donors (Lipinski definition) is 0. The monoisotopic (exact) mass is 437 g/mol. The normalized spacial score (nSPS) is 15.2. The smallest absolute Gasteiger partial charge is 0.223 e. The molecule has 3 aromatic rings. The molecule has 0 bridgehead atoms. The highest BCUT2D eigenvalue weighted by atomic mass is 32.2. The van der Waals surface area contributed by atoms with Gasteiger partial charge in [-0.25, -0.2) is 13.4 Å². The second-order valence-electron chi connectivity index (χ2n) is 7.98. The molecule has 1 amide bonds. The second kappa shape index (κ2) is 9.47. The van der Waals surface area contributed by atoms with Gasteiger partial charge >= 0.3 is 0 Å². The summed E-state index contributed by atoms with van der Waals surface area (Å²) >= 11 is 0. The predicted octanol–water partition coefficient (Wildman–Crippen LogP) is 3.65. The quantitative estimate of drug-likeness (QED) is 0.566. The van der Waals surface area contributed by atoms with Crippen molar-refractivity contribution >= 4 is 15.7 Å². The molecule has 0 unspecified atom stereocenters. The fourth-order valence-corrected chi connectivity index (χ4v) is 5.32. The van der Waals surface area contributed by atoms with Gasteiger partial charge in [-0.2, -0.15) is 0 Å². The summed E-state index contributed by atoms with van der Waals surface area (Å²) < 4.78 is 27.0. The summed E-state index contributed by atoms with van der Waals surface area (Å²) in [4.78, 5) is 19.2. The lowest BCUT2D eigenvalue weighted by atomic mass is 9.96. The van der Waals surface area contributed by atoms with Gasteiger partial charge in [-0.3, -0.25) is 4.79 Å². The van der Waals surface area contributed by atoms with Gasteiger partial charge in [-0.1, -0.05) is 48.5 Å². The van der Waals surface area contributed by atoms with Crippen molar-refractivity contribution in [3.63, 3.8) is 0 Å². The molecule has 0 spiro atoms. The third-order valence-corrected chi connectivity index (χ3v) is 7.59. The highest BCUT2D eigenvalue weighted by molar-refractivity contribution is 7.91. The number of hydrogen-bond acceptors (Lipinski definition) is 4. The van der Waals surface area contributed by atoms with Gasteiger partial charge in [0.2, 0.25) is 5.91 Å². The summed E-state index contributed by atoms with van der Waals surface area (Å²) in [6.07, 6.45) is 5.68. The van der Waals surface area contributed by atoms with Crippen molar-refractivity contribution in [3.05, 3.63) is 73.1 Å². The van der Waals surface area contributed by atoms with E-state index in [1.807, 2.05) is 35.5 Å². The summed E-state index contributed by atoms with van der Waals surface area (Å²) in [7, 11) is -3.43. The van der Waals surface area contributed by atoms with E-state index in [1.165, 1.54) is 0 Å². The zero-order valence-corrected chi connectivity index (χ0v) is 18.2. The van der Waals surface area contributed by atoms with E-state index in [1.54, 1.807) is 30.3 Å². The molecule has 0 radical (unpaired) electrons. The number of carbonyl (C=O) groups excluding carboxylic acids is 1. The number of nitrogens with zero attached hydrogens (tertiary/aromatic N) is 3. The van der Waals surface area contributed by atoms with E-state index in [9.17, 15) is 13.2 Å². The predicted molar refractivity (Wildman–Crippen MR) is 120 cm³/mol. The van der Waals surface area contributed by atoms with Crippen LogP contribution in [0.25, 0.3) is 11.4 Å². The molecule has 0 atom stereocenters. The molecule has 1 fully saturated rings. The van der Waals surface area contributed by atoms with Crippen LogP contribution in [0.5, 0.6) is 0 Å². The molecule has 162 valence electrons. The molecule has 1 aliphatic heterocycles. The van der Waals surface area contributed by atoms with Gasteiger partial charge in [0.15, 0.2) is 9.84 Å². The van der Waals surface area contributed by atoms with Gasteiger partial charge in [0.1, 0.15) is 5.82 Å². The highest BCUT2D eigenvalue weighted by Crippen LogP contribution is 2.24. The van der Waals surface area contributed by atoms with Crippen LogP contribution in [0, 0.1) is 5.92 Å². The van der Waals surface area contributed by atoms with Crippen LogP contribution in [-0.4, -0.2) is 47.6 Å². The van der Waals surface area contributed by atoms with Gasteiger partial charge in [-0.15, -0.1) is 0 Å². The Morgan fingerprint density at radius 2 is 1.61 bits per heavy atom. The molecule has 0 N–H and O–H groups in total. The molecule has 6 nitrogen and oxygen atoms in total. The maximum Gasteiger partial charge on any atom is 0.223 e. The van der Waals surface area contributed by atoms with Crippen LogP contribution in [0.15, 0.2) is 78.0 Å². The lowest BCUT2D eigenvalue weighted by Gasteiger charge is -2.32. The van der Waals surface area contributed by atoms with Crippen LogP contribution in [0.2, 0.25) is 0 Å². The van der Waals surface area contributed by atoms with E-state index in [-0.39, 0.29) is 23.0 Å². The van der Waals surface area contributed by atoms with Gasteiger partial charge in [0.05, 0.1) is 10.6 Å². The summed E-state index contributed by atoms with van der Waals surface area (Å²) in [5.41, 5.74) is 1.10. The Bertz CT molecular complexity index is 1100. The number of imidazole rings is 1.